The average Bonchev–Trinajstić information content (AvgIpc) is 2.54. The summed E-state index contributed by atoms with van der Waals surface area (Å²) in [7, 11) is 0. The van der Waals surface area contributed by atoms with E-state index in [-0.39, 0.29) is 12.3 Å². The molecule has 1 N–H and O–H groups in total. The third-order valence-electron chi connectivity index (χ3n) is 3.98. The minimum atomic E-state index is -4.42. The number of hydrogen-bond donors (Lipinski definition) is 1. The lowest BCUT2D eigenvalue weighted by Gasteiger charge is -2.31. The molecule has 0 atom stereocenters. The molecular formula is C16H18ClF3N2O2. The van der Waals surface area contributed by atoms with Gasteiger partial charge in [-0.05, 0) is 24.5 Å². The fourth-order valence-electron chi connectivity index (χ4n) is 2.64. The number of piperidine rings is 1. The molecule has 2 rings (SSSR count). The Bertz CT molecular complexity index is 599. The minimum Gasteiger partial charge on any atom is -0.347 e. The molecule has 132 valence electrons. The third kappa shape index (κ3) is 5.40. The summed E-state index contributed by atoms with van der Waals surface area (Å²) >= 11 is 6.03. The molecule has 1 fully saturated rings. The van der Waals surface area contributed by atoms with E-state index in [0.717, 1.165) is 5.56 Å². The van der Waals surface area contributed by atoms with E-state index >= 15 is 0 Å². The first-order valence-corrected chi connectivity index (χ1v) is 7.99. The molecule has 1 aliphatic heterocycles. The van der Waals surface area contributed by atoms with Crippen molar-refractivity contribution in [3.8, 4) is 0 Å². The molecule has 0 radical (unpaired) electrons. The predicted octanol–water partition coefficient (Wildman–Crippen LogP) is 2.80. The Hall–Kier alpha value is -1.76. The van der Waals surface area contributed by atoms with Crippen LogP contribution in [0.4, 0.5) is 13.2 Å². The average molecular weight is 363 g/mol. The quantitative estimate of drug-likeness (QED) is 0.895. The Morgan fingerprint density at radius 3 is 2.42 bits per heavy atom. The standard InChI is InChI=1S/C16H18ClF3N2O2/c17-13-4-2-1-3-12(13)9-14(23)22-7-5-11(6-8-22)15(24)21-10-16(18,19)20/h1-4,11H,5-10H2,(H,21,24). The highest BCUT2D eigenvalue weighted by atomic mass is 35.5. The monoisotopic (exact) mass is 362 g/mol. The number of nitrogens with one attached hydrogen (secondary N) is 1. The highest BCUT2D eigenvalue weighted by Gasteiger charge is 2.31. The largest absolute Gasteiger partial charge is 0.405 e. The predicted molar refractivity (Wildman–Crippen MR) is 83.5 cm³/mol. The van der Waals surface area contributed by atoms with E-state index in [4.69, 9.17) is 11.6 Å². The molecule has 2 amide bonds. The summed E-state index contributed by atoms with van der Waals surface area (Å²) in [5.74, 6) is -1.19. The molecule has 1 heterocycles. The molecule has 0 aliphatic carbocycles. The van der Waals surface area contributed by atoms with Crippen LogP contribution in [0, 0.1) is 5.92 Å². The molecule has 24 heavy (non-hydrogen) atoms. The summed E-state index contributed by atoms with van der Waals surface area (Å²) in [6, 6.07) is 7.06. The van der Waals surface area contributed by atoms with Crippen molar-refractivity contribution in [3.63, 3.8) is 0 Å². The molecule has 1 aromatic carbocycles. The summed E-state index contributed by atoms with van der Waals surface area (Å²) in [5, 5.41) is 2.42. The highest BCUT2D eigenvalue weighted by molar-refractivity contribution is 6.31. The minimum absolute atomic E-state index is 0.0998. The van der Waals surface area contributed by atoms with Crippen molar-refractivity contribution in [2.24, 2.45) is 5.92 Å². The maximum Gasteiger partial charge on any atom is 0.405 e. The van der Waals surface area contributed by atoms with Gasteiger partial charge in [0, 0.05) is 24.0 Å². The van der Waals surface area contributed by atoms with Crippen LogP contribution >= 0.6 is 11.6 Å². The molecule has 1 saturated heterocycles. The second kappa shape index (κ2) is 7.88. The number of likely N-dealkylation sites (tertiary alicyclic amines) is 1. The van der Waals surface area contributed by atoms with Gasteiger partial charge in [0.05, 0.1) is 6.42 Å². The van der Waals surface area contributed by atoms with Crippen LogP contribution in [-0.2, 0) is 16.0 Å². The molecule has 8 heteroatoms. The normalized spacial score (nSPS) is 16.1. The number of hydrogen-bond acceptors (Lipinski definition) is 2. The SMILES string of the molecule is O=C(NCC(F)(F)F)C1CCN(C(=O)Cc2ccccc2Cl)CC1. The maximum atomic E-state index is 12.3. The Kier molecular flexibility index (Phi) is 6.10. The molecule has 0 saturated carbocycles. The molecule has 0 bridgehead atoms. The highest BCUT2D eigenvalue weighted by Crippen LogP contribution is 2.21. The van der Waals surface area contributed by atoms with E-state index < -0.39 is 24.5 Å². The van der Waals surface area contributed by atoms with Gasteiger partial charge in [-0.25, -0.2) is 0 Å². The number of halogens is 4. The van der Waals surface area contributed by atoms with Crippen molar-refractivity contribution >= 4 is 23.4 Å². The van der Waals surface area contributed by atoms with Crippen molar-refractivity contribution < 1.29 is 22.8 Å². The van der Waals surface area contributed by atoms with Crippen LogP contribution in [0.5, 0.6) is 0 Å². The van der Waals surface area contributed by atoms with Gasteiger partial charge in [0.1, 0.15) is 6.54 Å². The van der Waals surface area contributed by atoms with Gasteiger partial charge < -0.3 is 10.2 Å². The summed E-state index contributed by atoms with van der Waals surface area (Å²) in [6.07, 6.45) is -3.53. The van der Waals surface area contributed by atoms with E-state index in [2.05, 4.69) is 0 Å². The Labute approximate surface area is 143 Å². The maximum absolute atomic E-state index is 12.3. The van der Waals surface area contributed by atoms with Gasteiger partial charge >= 0.3 is 6.18 Å². The second-order valence-electron chi connectivity index (χ2n) is 5.76. The molecule has 1 aliphatic rings. The number of carbonyl (C=O) groups is 2. The van der Waals surface area contributed by atoms with Crippen molar-refractivity contribution in [1.29, 1.82) is 0 Å². The number of alkyl halides is 3. The van der Waals surface area contributed by atoms with Gasteiger partial charge in [0.15, 0.2) is 0 Å². The van der Waals surface area contributed by atoms with Gasteiger partial charge in [0.2, 0.25) is 11.8 Å². The van der Waals surface area contributed by atoms with Gasteiger partial charge in [-0.15, -0.1) is 0 Å². The second-order valence-corrected chi connectivity index (χ2v) is 6.16. The zero-order chi connectivity index (χ0) is 17.7. The van der Waals surface area contributed by atoms with E-state index in [1.54, 1.807) is 29.2 Å². The molecule has 4 nitrogen and oxygen atoms in total. The van der Waals surface area contributed by atoms with Crippen LogP contribution in [0.15, 0.2) is 24.3 Å². The number of benzene rings is 1. The summed E-state index contributed by atoms with van der Waals surface area (Å²) in [6.45, 7) is -0.613. The first-order valence-electron chi connectivity index (χ1n) is 7.62. The lowest BCUT2D eigenvalue weighted by molar-refractivity contribution is -0.142. The van der Waals surface area contributed by atoms with Crippen LogP contribution in [-0.4, -0.2) is 42.5 Å². The Balaban J connectivity index is 1.81. The lowest BCUT2D eigenvalue weighted by atomic mass is 9.95. The van der Waals surface area contributed by atoms with Crippen molar-refractivity contribution in [2.45, 2.75) is 25.4 Å². The zero-order valence-corrected chi connectivity index (χ0v) is 13.7. The molecule has 1 aromatic rings. The zero-order valence-electron chi connectivity index (χ0n) is 12.9. The van der Waals surface area contributed by atoms with Crippen molar-refractivity contribution in [3.05, 3.63) is 34.9 Å². The van der Waals surface area contributed by atoms with Crippen LogP contribution in [0.2, 0.25) is 5.02 Å². The smallest absolute Gasteiger partial charge is 0.347 e. The van der Waals surface area contributed by atoms with Crippen LogP contribution in [0.3, 0.4) is 0 Å². The van der Waals surface area contributed by atoms with Gasteiger partial charge in [-0.3, -0.25) is 9.59 Å². The number of amides is 2. The van der Waals surface area contributed by atoms with Gasteiger partial charge in [-0.1, -0.05) is 29.8 Å². The number of carbonyl (C=O) groups excluding carboxylic acids is 2. The van der Waals surface area contributed by atoms with Crippen molar-refractivity contribution in [1.82, 2.24) is 10.2 Å². The number of nitrogens with zero attached hydrogens (tertiary/aromatic N) is 1. The molecular weight excluding hydrogens is 345 g/mol. The molecule has 0 unspecified atom stereocenters. The van der Waals surface area contributed by atoms with Crippen LogP contribution < -0.4 is 5.32 Å². The fraction of sp³-hybridized carbons (Fsp3) is 0.500. The Morgan fingerprint density at radius 2 is 1.83 bits per heavy atom. The third-order valence-corrected chi connectivity index (χ3v) is 4.35. The van der Waals surface area contributed by atoms with Crippen LogP contribution in [0.1, 0.15) is 18.4 Å². The van der Waals surface area contributed by atoms with E-state index in [9.17, 15) is 22.8 Å². The van der Waals surface area contributed by atoms with E-state index in [1.807, 2.05) is 5.32 Å². The van der Waals surface area contributed by atoms with Crippen LogP contribution in [0.25, 0.3) is 0 Å². The lowest BCUT2D eigenvalue weighted by Crippen LogP contribution is -2.45. The summed E-state index contributed by atoms with van der Waals surface area (Å²) in [4.78, 5) is 25.6. The Morgan fingerprint density at radius 1 is 1.21 bits per heavy atom. The number of rotatable bonds is 4. The molecule has 0 aromatic heterocycles. The summed E-state index contributed by atoms with van der Waals surface area (Å²) < 4.78 is 36.3. The van der Waals surface area contributed by atoms with Gasteiger partial charge in [-0.2, -0.15) is 13.2 Å². The first-order chi connectivity index (χ1) is 11.3. The molecule has 0 spiro atoms. The van der Waals surface area contributed by atoms with Crippen molar-refractivity contribution in [2.75, 3.05) is 19.6 Å². The van der Waals surface area contributed by atoms with Gasteiger partial charge in [0.25, 0.3) is 0 Å². The topological polar surface area (TPSA) is 49.4 Å². The fourth-order valence-corrected chi connectivity index (χ4v) is 2.84. The first kappa shape index (κ1) is 18.6. The van der Waals surface area contributed by atoms with E-state index in [1.165, 1.54) is 0 Å². The summed E-state index contributed by atoms with van der Waals surface area (Å²) in [5.41, 5.74) is 0.731. The van der Waals surface area contributed by atoms with E-state index in [0.29, 0.717) is 31.0 Å².